The summed E-state index contributed by atoms with van der Waals surface area (Å²) in [5.41, 5.74) is -2.01. The molecule has 2 fully saturated rings. The molecular weight excluding hydrogens is 518 g/mol. The van der Waals surface area contributed by atoms with E-state index in [1.807, 2.05) is 12.1 Å². The molecule has 2 heterocycles. The Kier molecular flexibility index (Phi) is 7.19. The lowest BCUT2D eigenvalue weighted by Gasteiger charge is -2.37. The Labute approximate surface area is 212 Å². The number of hydrogen-bond acceptors (Lipinski definition) is 8. The van der Waals surface area contributed by atoms with E-state index in [2.05, 4.69) is 21.2 Å². The highest BCUT2D eigenvalue weighted by Gasteiger charge is 2.75. The third kappa shape index (κ3) is 4.00. The molecule has 0 bridgehead atoms. The SMILES string of the molecule is CCOC(=O)C1(C(=O)OCC)C(c2cccc(Br)c2)[C@@]2(CCOC2=O)N[C@@H]1c1ccc(OC)cc1. The molecule has 3 atom stereocenters. The maximum Gasteiger partial charge on any atom is 0.327 e. The molecule has 2 aromatic rings. The standard InChI is InChI=1S/C26H28BrNO7/c1-4-33-23(30)26(24(31)34-5-2)20(17-7-6-8-18(27)15-17)25(13-14-35-22(25)29)28-21(26)16-9-11-19(32-3)12-10-16/h6-12,15,20-21,28H,4-5,13-14H2,1-3H3/t20?,21-,25-/m1/s1. The van der Waals surface area contributed by atoms with Gasteiger partial charge < -0.3 is 18.9 Å². The first-order valence-corrected chi connectivity index (χ1v) is 12.3. The first-order valence-electron chi connectivity index (χ1n) is 11.5. The zero-order valence-corrected chi connectivity index (χ0v) is 21.4. The quantitative estimate of drug-likeness (QED) is 0.319. The van der Waals surface area contributed by atoms with E-state index in [0.717, 1.165) is 4.47 Å². The van der Waals surface area contributed by atoms with Crippen molar-refractivity contribution >= 4 is 33.8 Å². The number of hydrogen-bond donors (Lipinski definition) is 1. The number of ether oxygens (including phenoxy) is 4. The number of carbonyl (C=O) groups is 3. The summed E-state index contributed by atoms with van der Waals surface area (Å²) in [5, 5.41) is 3.38. The van der Waals surface area contributed by atoms with Gasteiger partial charge in [0, 0.05) is 16.8 Å². The molecule has 0 saturated carbocycles. The second-order valence-corrected chi connectivity index (χ2v) is 9.42. The van der Waals surface area contributed by atoms with Crippen molar-refractivity contribution < 1.29 is 33.3 Å². The molecule has 0 amide bonds. The van der Waals surface area contributed by atoms with Crippen LogP contribution in [-0.2, 0) is 28.6 Å². The minimum absolute atomic E-state index is 0.0535. The van der Waals surface area contributed by atoms with Crippen LogP contribution in [0.3, 0.4) is 0 Å². The molecule has 2 aliphatic heterocycles. The number of halogens is 1. The molecule has 1 unspecified atom stereocenters. The normalized spacial score (nSPS) is 24.7. The van der Waals surface area contributed by atoms with Crippen molar-refractivity contribution in [1.29, 1.82) is 0 Å². The third-order valence-electron chi connectivity index (χ3n) is 6.76. The lowest BCUT2D eigenvalue weighted by molar-refractivity contribution is -0.175. The zero-order valence-electron chi connectivity index (χ0n) is 19.8. The minimum atomic E-state index is -1.90. The average Bonchev–Trinajstić information content (AvgIpc) is 3.37. The number of esters is 3. The van der Waals surface area contributed by atoms with Crippen molar-refractivity contribution in [2.75, 3.05) is 26.9 Å². The van der Waals surface area contributed by atoms with Crippen molar-refractivity contribution in [3.63, 3.8) is 0 Å². The van der Waals surface area contributed by atoms with Crippen molar-refractivity contribution in [3.05, 3.63) is 64.1 Å². The van der Waals surface area contributed by atoms with E-state index in [9.17, 15) is 14.4 Å². The molecule has 2 aromatic carbocycles. The lowest BCUT2D eigenvalue weighted by Crippen LogP contribution is -2.52. The average molecular weight is 546 g/mol. The molecule has 1 N–H and O–H groups in total. The smallest absolute Gasteiger partial charge is 0.327 e. The van der Waals surface area contributed by atoms with Gasteiger partial charge in [0.25, 0.3) is 0 Å². The molecule has 1 spiro atoms. The van der Waals surface area contributed by atoms with E-state index < -0.39 is 40.8 Å². The summed E-state index contributed by atoms with van der Waals surface area (Å²) in [7, 11) is 1.55. The topological polar surface area (TPSA) is 100 Å². The summed E-state index contributed by atoms with van der Waals surface area (Å²) in [5.74, 6) is -2.37. The number of cyclic esters (lactones) is 1. The van der Waals surface area contributed by atoms with E-state index in [0.29, 0.717) is 16.9 Å². The maximum atomic E-state index is 14.0. The first kappa shape index (κ1) is 25.2. The number of benzene rings is 2. The number of methoxy groups -OCH3 is 1. The van der Waals surface area contributed by atoms with E-state index >= 15 is 0 Å². The van der Waals surface area contributed by atoms with Gasteiger partial charge in [0.15, 0.2) is 5.41 Å². The number of rotatable bonds is 7. The second kappa shape index (κ2) is 9.99. The monoisotopic (exact) mass is 545 g/mol. The molecule has 8 nitrogen and oxygen atoms in total. The summed E-state index contributed by atoms with van der Waals surface area (Å²) < 4.78 is 22.5. The molecule has 2 aliphatic rings. The first-order chi connectivity index (χ1) is 16.8. The largest absolute Gasteiger partial charge is 0.497 e. The molecule has 2 saturated heterocycles. The zero-order chi connectivity index (χ0) is 25.2. The van der Waals surface area contributed by atoms with E-state index in [1.165, 1.54) is 0 Å². The summed E-state index contributed by atoms with van der Waals surface area (Å²) in [6.07, 6.45) is 0.274. The number of carbonyl (C=O) groups excluding carboxylic acids is 3. The van der Waals surface area contributed by atoms with Crippen LogP contribution in [0.25, 0.3) is 0 Å². The summed E-state index contributed by atoms with van der Waals surface area (Å²) in [4.78, 5) is 41.3. The molecule has 186 valence electrons. The summed E-state index contributed by atoms with van der Waals surface area (Å²) in [6.45, 7) is 3.62. The van der Waals surface area contributed by atoms with Crippen LogP contribution < -0.4 is 10.1 Å². The van der Waals surface area contributed by atoms with Crippen LogP contribution in [0.4, 0.5) is 0 Å². The Morgan fingerprint density at radius 1 is 1.06 bits per heavy atom. The van der Waals surface area contributed by atoms with Crippen LogP contribution in [0.15, 0.2) is 53.0 Å². The Bertz CT molecular complexity index is 1100. The van der Waals surface area contributed by atoms with E-state index in [4.69, 9.17) is 18.9 Å². The van der Waals surface area contributed by atoms with Crippen LogP contribution >= 0.6 is 15.9 Å². The van der Waals surface area contributed by atoms with Gasteiger partial charge in [-0.1, -0.05) is 40.2 Å². The fourth-order valence-corrected chi connectivity index (χ4v) is 5.79. The van der Waals surface area contributed by atoms with Gasteiger partial charge >= 0.3 is 17.9 Å². The van der Waals surface area contributed by atoms with Crippen molar-refractivity contribution in [2.45, 2.75) is 37.8 Å². The van der Waals surface area contributed by atoms with Crippen molar-refractivity contribution in [3.8, 4) is 5.75 Å². The summed E-state index contributed by atoms with van der Waals surface area (Å²) >= 11 is 3.49. The second-order valence-electron chi connectivity index (χ2n) is 8.51. The van der Waals surface area contributed by atoms with Crippen LogP contribution in [0.1, 0.15) is 43.4 Å². The van der Waals surface area contributed by atoms with Gasteiger partial charge in [0.1, 0.15) is 11.3 Å². The molecule has 35 heavy (non-hydrogen) atoms. The van der Waals surface area contributed by atoms with Gasteiger partial charge in [-0.2, -0.15) is 0 Å². The molecule has 0 radical (unpaired) electrons. The minimum Gasteiger partial charge on any atom is -0.497 e. The Morgan fingerprint density at radius 2 is 1.71 bits per heavy atom. The van der Waals surface area contributed by atoms with Gasteiger partial charge in [-0.25, -0.2) is 0 Å². The van der Waals surface area contributed by atoms with Crippen molar-refractivity contribution in [2.24, 2.45) is 5.41 Å². The van der Waals surface area contributed by atoms with Gasteiger partial charge in [0.05, 0.1) is 33.0 Å². The Morgan fingerprint density at radius 3 is 2.23 bits per heavy atom. The van der Waals surface area contributed by atoms with E-state index in [-0.39, 0.29) is 26.2 Å². The molecule has 0 aliphatic carbocycles. The highest BCUT2D eigenvalue weighted by molar-refractivity contribution is 9.10. The van der Waals surface area contributed by atoms with Gasteiger partial charge in [-0.3, -0.25) is 19.7 Å². The molecule has 0 aromatic heterocycles. The fraction of sp³-hybridized carbons (Fsp3) is 0.423. The fourth-order valence-electron chi connectivity index (χ4n) is 5.37. The Balaban J connectivity index is 2.05. The van der Waals surface area contributed by atoms with Crippen LogP contribution in [0, 0.1) is 5.41 Å². The maximum absolute atomic E-state index is 14.0. The summed E-state index contributed by atoms with van der Waals surface area (Å²) in [6, 6.07) is 13.3. The van der Waals surface area contributed by atoms with E-state index in [1.54, 1.807) is 57.4 Å². The van der Waals surface area contributed by atoms with Gasteiger partial charge in [-0.05, 0) is 49.2 Å². The highest BCUT2D eigenvalue weighted by atomic mass is 79.9. The third-order valence-corrected chi connectivity index (χ3v) is 7.25. The van der Waals surface area contributed by atoms with Crippen LogP contribution in [-0.4, -0.2) is 50.4 Å². The highest BCUT2D eigenvalue weighted by Crippen LogP contribution is 2.61. The predicted octanol–water partition coefficient (Wildman–Crippen LogP) is 3.68. The molecule has 9 heteroatoms. The molecule has 4 rings (SSSR count). The lowest BCUT2D eigenvalue weighted by atomic mass is 9.62. The number of nitrogens with one attached hydrogen (secondary N) is 1. The van der Waals surface area contributed by atoms with Gasteiger partial charge in [-0.15, -0.1) is 0 Å². The van der Waals surface area contributed by atoms with Crippen LogP contribution in [0.5, 0.6) is 5.75 Å². The van der Waals surface area contributed by atoms with Gasteiger partial charge in [0.2, 0.25) is 0 Å². The predicted molar refractivity (Wildman–Crippen MR) is 130 cm³/mol. The Hall–Kier alpha value is -2.91. The van der Waals surface area contributed by atoms with Crippen LogP contribution in [0.2, 0.25) is 0 Å². The van der Waals surface area contributed by atoms with Crippen molar-refractivity contribution in [1.82, 2.24) is 5.32 Å². The molecular formula is C26H28BrNO7.